The topological polar surface area (TPSA) is 120 Å². The lowest BCUT2D eigenvalue weighted by atomic mass is 10.2. The number of nitrogens with one attached hydrogen (secondary N) is 2. The largest absolute Gasteiger partial charge is 0.473 e. The van der Waals surface area contributed by atoms with Gasteiger partial charge in [0.2, 0.25) is 0 Å². The standard InChI is InChI=1S/C14H17ClN2O4.C7H4ClNO2/c1-14(2,3)20-13(18)16-7-8-19-12-9-5-4-6-10(15)11(9)21-17-12;8-5-3-1-2-4-6(5)11-9-7(4)10/h4-6H,7-8H2,1-3H3,(H,16,18);1-3H,(H,9,10). The number of amides is 1. The van der Waals surface area contributed by atoms with Crippen LogP contribution in [-0.2, 0) is 4.74 Å². The summed E-state index contributed by atoms with van der Waals surface area (Å²) in [6, 6.07) is 10.3. The van der Waals surface area contributed by atoms with Crippen molar-refractivity contribution in [3.63, 3.8) is 0 Å². The maximum Gasteiger partial charge on any atom is 0.407 e. The molecule has 0 radical (unpaired) electrons. The third-order valence-electron chi connectivity index (χ3n) is 3.88. The van der Waals surface area contributed by atoms with E-state index in [1.807, 2.05) is 0 Å². The van der Waals surface area contributed by atoms with E-state index in [4.69, 9.17) is 41.7 Å². The molecule has 0 bridgehead atoms. The van der Waals surface area contributed by atoms with Crippen molar-refractivity contribution in [2.75, 3.05) is 13.2 Å². The Morgan fingerprint density at radius 3 is 2.41 bits per heavy atom. The number of ether oxygens (including phenoxy) is 2. The number of H-pyrrole nitrogens is 1. The van der Waals surface area contributed by atoms with Gasteiger partial charge in [-0.25, -0.2) is 4.79 Å². The molecule has 32 heavy (non-hydrogen) atoms. The second kappa shape index (κ2) is 9.97. The molecule has 0 fully saturated rings. The van der Waals surface area contributed by atoms with E-state index in [1.54, 1.807) is 57.2 Å². The van der Waals surface area contributed by atoms with Crippen molar-refractivity contribution < 1.29 is 23.3 Å². The fourth-order valence-corrected chi connectivity index (χ4v) is 2.99. The van der Waals surface area contributed by atoms with Gasteiger partial charge < -0.3 is 23.8 Å². The number of halogens is 2. The molecule has 1 amide bonds. The van der Waals surface area contributed by atoms with Crippen LogP contribution in [0.2, 0.25) is 10.0 Å². The van der Waals surface area contributed by atoms with Crippen molar-refractivity contribution >= 4 is 51.2 Å². The van der Waals surface area contributed by atoms with Crippen molar-refractivity contribution in [1.82, 2.24) is 15.6 Å². The Labute approximate surface area is 192 Å². The fourth-order valence-electron chi connectivity index (χ4n) is 2.57. The maximum atomic E-state index is 11.4. The molecule has 0 aliphatic rings. The number of hydrogen-bond donors (Lipinski definition) is 2. The maximum absolute atomic E-state index is 11.4. The second-order valence-corrected chi connectivity index (χ2v) is 8.35. The summed E-state index contributed by atoms with van der Waals surface area (Å²) in [4.78, 5) is 22.4. The van der Waals surface area contributed by atoms with Gasteiger partial charge in [0.05, 0.1) is 27.4 Å². The van der Waals surface area contributed by atoms with Crippen LogP contribution in [0.3, 0.4) is 0 Å². The number of rotatable bonds is 4. The Hall–Kier alpha value is -3.17. The summed E-state index contributed by atoms with van der Waals surface area (Å²) < 4.78 is 20.5. The molecule has 0 saturated carbocycles. The van der Waals surface area contributed by atoms with Crippen LogP contribution in [0.5, 0.6) is 5.88 Å². The lowest BCUT2D eigenvalue weighted by Gasteiger charge is -2.19. The molecule has 2 heterocycles. The van der Waals surface area contributed by atoms with E-state index in [1.165, 1.54) is 0 Å². The van der Waals surface area contributed by atoms with Crippen LogP contribution < -0.4 is 15.6 Å². The minimum atomic E-state index is -0.524. The summed E-state index contributed by atoms with van der Waals surface area (Å²) in [5, 5.41) is 10.7. The van der Waals surface area contributed by atoms with Crippen LogP contribution in [-0.4, -0.2) is 35.2 Å². The highest BCUT2D eigenvalue weighted by molar-refractivity contribution is 6.35. The van der Waals surface area contributed by atoms with Gasteiger partial charge >= 0.3 is 6.09 Å². The molecule has 4 aromatic rings. The Kier molecular flexibility index (Phi) is 7.32. The lowest BCUT2D eigenvalue weighted by molar-refractivity contribution is 0.0519. The minimum Gasteiger partial charge on any atom is -0.473 e. The number of aromatic nitrogens is 2. The second-order valence-electron chi connectivity index (χ2n) is 7.53. The molecule has 2 N–H and O–H groups in total. The number of benzene rings is 2. The van der Waals surface area contributed by atoms with Crippen LogP contribution in [0.1, 0.15) is 20.8 Å². The Bertz CT molecular complexity index is 1270. The van der Waals surface area contributed by atoms with Gasteiger partial charge in [0, 0.05) is 0 Å². The number of carbonyl (C=O) groups excluding carboxylic acids is 1. The normalized spacial score (nSPS) is 11.2. The predicted molar refractivity (Wildman–Crippen MR) is 121 cm³/mol. The molecule has 11 heteroatoms. The van der Waals surface area contributed by atoms with E-state index in [9.17, 15) is 9.59 Å². The molecule has 4 rings (SSSR count). The molecule has 0 atom stereocenters. The van der Waals surface area contributed by atoms with Gasteiger partial charge in [0.1, 0.15) is 12.2 Å². The van der Waals surface area contributed by atoms with Crippen LogP contribution in [0.25, 0.3) is 21.9 Å². The van der Waals surface area contributed by atoms with E-state index >= 15 is 0 Å². The monoisotopic (exact) mass is 481 g/mol. The van der Waals surface area contributed by atoms with Crippen LogP contribution in [0, 0.1) is 0 Å². The Balaban J connectivity index is 0.000000219. The minimum absolute atomic E-state index is 0.243. The van der Waals surface area contributed by atoms with Crippen molar-refractivity contribution in [1.29, 1.82) is 0 Å². The quantitative estimate of drug-likeness (QED) is 0.386. The molecule has 2 aromatic heterocycles. The van der Waals surface area contributed by atoms with Crippen LogP contribution >= 0.6 is 23.2 Å². The van der Waals surface area contributed by atoms with Crippen LogP contribution in [0.4, 0.5) is 4.79 Å². The van der Waals surface area contributed by atoms with Crippen LogP contribution in [0.15, 0.2) is 50.2 Å². The van der Waals surface area contributed by atoms with E-state index in [0.29, 0.717) is 44.4 Å². The van der Waals surface area contributed by atoms with Crippen molar-refractivity contribution in [3.8, 4) is 5.88 Å². The lowest BCUT2D eigenvalue weighted by Crippen LogP contribution is -2.34. The summed E-state index contributed by atoms with van der Waals surface area (Å²) in [7, 11) is 0. The summed E-state index contributed by atoms with van der Waals surface area (Å²) >= 11 is 11.7. The fraction of sp³-hybridized carbons (Fsp3) is 0.286. The van der Waals surface area contributed by atoms with E-state index in [2.05, 4.69) is 15.6 Å². The first-order chi connectivity index (χ1) is 15.2. The van der Waals surface area contributed by atoms with Gasteiger partial charge in [-0.2, -0.15) is 5.16 Å². The zero-order chi connectivity index (χ0) is 23.3. The molecule has 0 aliphatic heterocycles. The molecular formula is C21H21Cl2N3O6. The Morgan fingerprint density at radius 1 is 1.09 bits per heavy atom. The Morgan fingerprint density at radius 2 is 1.75 bits per heavy atom. The smallest absolute Gasteiger partial charge is 0.407 e. The average Bonchev–Trinajstić information content (AvgIpc) is 3.30. The summed E-state index contributed by atoms with van der Waals surface area (Å²) in [5.74, 6) is 0.346. The molecule has 0 saturated heterocycles. The van der Waals surface area contributed by atoms with Gasteiger partial charge in [-0.3, -0.25) is 4.79 Å². The number of nitrogens with zero attached hydrogens (tertiary/aromatic N) is 1. The number of carbonyl (C=O) groups is 1. The molecule has 0 unspecified atom stereocenters. The van der Waals surface area contributed by atoms with Gasteiger partial charge in [-0.15, -0.1) is 0 Å². The van der Waals surface area contributed by atoms with Gasteiger partial charge in [0.15, 0.2) is 11.2 Å². The number of hydrogen-bond acceptors (Lipinski definition) is 7. The first kappa shape index (κ1) is 23.5. The number of aromatic amines is 1. The van der Waals surface area contributed by atoms with Gasteiger partial charge in [-0.05, 0) is 50.2 Å². The van der Waals surface area contributed by atoms with Gasteiger partial charge in [0.25, 0.3) is 11.4 Å². The van der Waals surface area contributed by atoms with Crippen molar-refractivity contribution in [2.24, 2.45) is 0 Å². The highest BCUT2D eigenvalue weighted by Gasteiger charge is 2.16. The van der Waals surface area contributed by atoms with Crippen molar-refractivity contribution in [2.45, 2.75) is 26.4 Å². The zero-order valence-corrected chi connectivity index (χ0v) is 19.0. The summed E-state index contributed by atoms with van der Waals surface area (Å²) in [5.41, 5.74) is 0.125. The van der Waals surface area contributed by atoms with E-state index < -0.39 is 11.7 Å². The average molecular weight is 482 g/mol. The number of para-hydroxylation sites is 2. The molecule has 2 aromatic carbocycles. The molecule has 0 spiro atoms. The SMILES string of the molecule is CC(C)(C)OC(=O)NCCOc1noc2c(Cl)cccc12.O=c1[nH]oc2c(Cl)cccc12. The third-order valence-corrected chi connectivity index (χ3v) is 4.48. The first-order valence-electron chi connectivity index (χ1n) is 9.55. The number of alkyl carbamates (subject to hydrolysis) is 1. The number of fused-ring (bicyclic) bond motifs is 2. The molecule has 9 nitrogen and oxygen atoms in total. The zero-order valence-electron chi connectivity index (χ0n) is 17.5. The third kappa shape index (κ3) is 5.95. The summed E-state index contributed by atoms with van der Waals surface area (Å²) in [6.45, 7) is 5.94. The van der Waals surface area contributed by atoms with Gasteiger partial charge in [-0.1, -0.05) is 35.3 Å². The predicted octanol–water partition coefficient (Wildman–Crippen LogP) is 5.16. The molecule has 0 aliphatic carbocycles. The highest BCUT2D eigenvalue weighted by Crippen LogP contribution is 2.29. The van der Waals surface area contributed by atoms with E-state index in [-0.39, 0.29) is 12.2 Å². The van der Waals surface area contributed by atoms with Crippen molar-refractivity contribution in [3.05, 3.63) is 56.8 Å². The molecule has 170 valence electrons. The summed E-state index contributed by atoms with van der Waals surface area (Å²) in [6.07, 6.45) is -0.487. The first-order valence-corrected chi connectivity index (χ1v) is 10.3. The van der Waals surface area contributed by atoms with E-state index in [0.717, 1.165) is 0 Å². The molecular weight excluding hydrogens is 461 g/mol. The highest BCUT2D eigenvalue weighted by atomic mass is 35.5.